The van der Waals surface area contributed by atoms with E-state index in [4.69, 9.17) is 17.3 Å². The van der Waals surface area contributed by atoms with Crippen LogP contribution in [0.5, 0.6) is 0 Å². The van der Waals surface area contributed by atoms with E-state index in [1.54, 1.807) is 6.07 Å². The molecule has 0 saturated carbocycles. The molecule has 0 radical (unpaired) electrons. The Morgan fingerprint density at radius 2 is 2.41 bits per heavy atom. The van der Waals surface area contributed by atoms with Crippen molar-refractivity contribution < 1.29 is 4.79 Å². The van der Waals surface area contributed by atoms with Gasteiger partial charge in [0.1, 0.15) is 5.15 Å². The third-order valence-corrected chi connectivity index (χ3v) is 3.49. The van der Waals surface area contributed by atoms with Crippen LogP contribution in [0.15, 0.2) is 16.7 Å². The summed E-state index contributed by atoms with van der Waals surface area (Å²) >= 11 is 9.02. The molecule has 4 nitrogen and oxygen atoms in total. The molecule has 1 heterocycles. The van der Waals surface area contributed by atoms with Gasteiger partial charge < -0.3 is 11.1 Å². The normalized spacial score (nSPS) is 12.2. The smallest absolute Gasteiger partial charge is 0.228 e. The summed E-state index contributed by atoms with van der Waals surface area (Å²) in [5.41, 5.74) is 6.17. The van der Waals surface area contributed by atoms with Crippen molar-refractivity contribution >= 4 is 39.1 Å². The van der Waals surface area contributed by atoms with Gasteiger partial charge in [0, 0.05) is 6.54 Å². The SMILES string of the molecule is CCCC(CN)C(=O)Nc1cnc(Cl)c(Br)c1. The standard InChI is InChI=1S/C11H15BrClN3O/c1-2-3-7(5-14)11(17)16-8-4-9(12)10(13)15-6-8/h4,6-7H,2-3,5,14H2,1H3,(H,16,17). The molecule has 1 aromatic heterocycles. The lowest BCUT2D eigenvalue weighted by atomic mass is 10.0. The van der Waals surface area contributed by atoms with Gasteiger partial charge in [-0.05, 0) is 28.4 Å². The molecule has 1 atom stereocenters. The van der Waals surface area contributed by atoms with Crippen molar-refractivity contribution in [2.45, 2.75) is 19.8 Å². The van der Waals surface area contributed by atoms with Gasteiger partial charge in [0.05, 0.1) is 22.3 Å². The van der Waals surface area contributed by atoms with Crippen molar-refractivity contribution in [3.05, 3.63) is 21.9 Å². The van der Waals surface area contributed by atoms with Crippen LogP contribution in [0, 0.1) is 5.92 Å². The maximum absolute atomic E-state index is 11.9. The van der Waals surface area contributed by atoms with E-state index in [2.05, 4.69) is 26.2 Å². The van der Waals surface area contributed by atoms with Gasteiger partial charge in [-0.1, -0.05) is 24.9 Å². The van der Waals surface area contributed by atoms with Crippen molar-refractivity contribution in [1.82, 2.24) is 4.98 Å². The summed E-state index contributed by atoms with van der Waals surface area (Å²) in [7, 11) is 0. The highest BCUT2D eigenvalue weighted by molar-refractivity contribution is 9.10. The summed E-state index contributed by atoms with van der Waals surface area (Å²) in [4.78, 5) is 15.8. The maximum atomic E-state index is 11.9. The first-order valence-corrected chi connectivity index (χ1v) is 6.57. The second kappa shape index (κ2) is 6.93. The number of amides is 1. The summed E-state index contributed by atoms with van der Waals surface area (Å²) in [6, 6.07) is 1.72. The fourth-order valence-corrected chi connectivity index (χ4v) is 1.89. The number of pyridine rings is 1. The fraction of sp³-hybridized carbons (Fsp3) is 0.455. The second-order valence-corrected chi connectivity index (χ2v) is 4.92. The van der Waals surface area contributed by atoms with Crippen molar-refractivity contribution in [2.75, 3.05) is 11.9 Å². The van der Waals surface area contributed by atoms with Crippen LogP contribution in [-0.4, -0.2) is 17.4 Å². The Bertz CT molecular complexity index is 400. The number of nitrogens with two attached hydrogens (primary N) is 1. The Labute approximate surface area is 114 Å². The zero-order valence-electron chi connectivity index (χ0n) is 9.54. The number of nitrogens with one attached hydrogen (secondary N) is 1. The molecule has 0 aliphatic rings. The van der Waals surface area contributed by atoms with Crippen LogP contribution in [-0.2, 0) is 4.79 Å². The molecule has 1 unspecified atom stereocenters. The Hall–Kier alpha value is -0.650. The van der Waals surface area contributed by atoms with E-state index in [9.17, 15) is 4.79 Å². The summed E-state index contributed by atoms with van der Waals surface area (Å²) in [6.45, 7) is 2.37. The highest BCUT2D eigenvalue weighted by atomic mass is 79.9. The first kappa shape index (κ1) is 14.4. The van der Waals surface area contributed by atoms with Crippen molar-refractivity contribution in [3.8, 4) is 0 Å². The number of carbonyl (C=O) groups is 1. The molecule has 3 N–H and O–H groups in total. The molecule has 1 amide bonds. The number of halogens is 2. The van der Waals surface area contributed by atoms with E-state index in [0.29, 0.717) is 21.9 Å². The Morgan fingerprint density at radius 3 is 2.94 bits per heavy atom. The maximum Gasteiger partial charge on any atom is 0.228 e. The quantitative estimate of drug-likeness (QED) is 0.820. The van der Waals surface area contributed by atoms with Crippen LogP contribution in [0.4, 0.5) is 5.69 Å². The lowest BCUT2D eigenvalue weighted by molar-refractivity contribution is -0.119. The number of hydrogen-bond donors (Lipinski definition) is 2. The van der Waals surface area contributed by atoms with Gasteiger partial charge in [0.2, 0.25) is 5.91 Å². The molecule has 1 aromatic rings. The van der Waals surface area contributed by atoms with Crippen molar-refractivity contribution in [1.29, 1.82) is 0 Å². The highest BCUT2D eigenvalue weighted by Crippen LogP contribution is 2.23. The minimum atomic E-state index is -0.158. The molecule has 0 aliphatic carbocycles. The van der Waals surface area contributed by atoms with Gasteiger partial charge in [-0.15, -0.1) is 0 Å². The summed E-state index contributed by atoms with van der Waals surface area (Å²) in [5, 5.41) is 3.14. The fourth-order valence-electron chi connectivity index (χ4n) is 1.44. The van der Waals surface area contributed by atoms with Gasteiger partial charge in [0.25, 0.3) is 0 Å². The predicted molar refractivity (Wildman–Crippen MR) is 73.0 cm³/mol. The molecular formula is C11H15BrClN3O. The second-order valence-electron chi connectivity index (χ2n) is 3.71. The lowest BCUT2D eigenvalue weighted by Gasteiger charge is -2.13. The summed E-state index contributed by atoms with van der Waals surface area (Å²) < 4.78 is 0.650. The van der Waals surface area contributed by atoms with E-state index in [0.717, 1.165) is 12.8 Å². The molecule has 94 valence electrons. The lowest BCUT2D eigenvalue weighted by Crippen LogP contribution is -2.29. The monoisotopic (exact) mass is 319 g/mol. The van der Waals surface area contributed by atoms with Crippen molar-refractivity contribution in [3.63, 3.8) is 0 Å². The molecule has 0 aliphatic heterocycles. The van der Waals surface area contributed by atoms with Crippen LogP contribution in [0.1, 0.15) is 19.8 Å². The summed E-state index contributed by atoms with van der Waals surface area (Å²) in [5.74, 6) is -0.236. The minimum absolute atomic E-state index is 0.0784. The molecule has 1 rings (SSSR count). The van der Waals surface area contributed by atoms with E-state index >= 15 is 0 Å². The van der Waals surface area contributed by atoms with Crippen LogP contribution in [0.25, 0.3) is 0 Å². The van der Waals surface area contributed by atoms with E-state index < -0.39 is 0 Å². The number of hydrogen-bond acceptors (Lipinski definition) is 3. The van der Waals surface area contributed by atoms with Crippen LogP contribution in [0.3, 0.4) is 0 Å². The topological polar surface area (TPSA) is 68.0 Å². The van der Waals surface area contributed by atoms with Gasteiger partial charge in [-0.2, -0.15) is 0 Å². The van der Waals surface area contributed by atoms with Crippen LogP contribution in [0.2, 0.25) is 5.15 Å². The molecule has 0 bridgehead atoms. The molecule has 17 heavy (non-hydrogen) atoms. The first-order chi connectivity index (χ1) is 8.08. The van der Waals surface area contributed by atoms with Gasteiger partial charge in [-0.25, -0.2) is 4.98 Å². The number of nitrogens with zero attached hydrogens (tertiary/aromatic N) is 1. The highest BCUT2D eigenvalue weighted by Gasteiger charge is 2.16. The zero-order valence-corrected chi connectivity index (χ0v) is 11.9. The Kier molecular flexibility index (Phi) is 5.88. The molecule has 0 saturated heterocycles. The van der Waals surface area contributed by atoms with Crippen LogP contribution >= 0.6 is 27.5 Å². The number of carbonyl (C=O) groups excluding carboxylic acids is 1. The van der Waals surface area contributed by atoms with Gasteiger partial charge in [0.15, 0.2) is 0 Å². The van der Waals surface area contributed by atoms with Crippen molar-refractivity contribution in [2.24, 2.45) is 11.7 Å². The van der Waals surface area contributed by atoms with Gasteiger partial charge in [-0.3, -0.25) is 4.79 Å². The van der Waals surface area contributed by atoms with Gasteiger partial charge >= 0.3 is 0 Å². The minimum Gasteiger partial charge on any atom is -0.330 e. The average Bonchev–Trinajstić information content (AvgIpc) is 2.30. The van der Waals surface area contributed by atoms with Crippen LogP contribution < -0.4 is 11.1 Å². The van der Waals surface area contributed by atoms with E-state index in [1.165, 1.54) is 6.20 Å². The Morgan fingerprint density at radius 1 is 1.71 bits per heavy atom. The molecule has 0 spiro atoms. The van der Waals surface area contributed by atoms with E-state index in [1.807, 2.05) is 6.92 Å². The third-order valence-electron chi connectivity index (χ3n) is 2.36. The zero-order chi connectivity index (χ0) is 12.8. The largest absolute Gasteiger partial charge is 0.330 e. The molecule has 0 aromatic carbocycles. The number of rotatable bonds is 5. The third kappa shape index (κ3) is 4.26. The molecular weight excluding hydrogens is 305 g/mol. The number of aromatic nitrogens is 1. The predicted octanol–water partition coefficient (Wildman–Crippen LogP) is 2.81. The first-order valence-electron chi connectivity index (χ1n) is 5.40. The molecule has 0 fully saturated rings. The Balaban J connectivity index is 2.69. The molecule has 6 heteroatoms. The van der Waals surface area contributed by atoms with E-state index in [-0.39, 0.29) is 11.8 Å². The summed E-state index contributed by atoms with van der Waals surface area (Å²) in [6.07, 6.45) is 3.23. The average molecular weight is 321 g/mol. The number of anilines is 1.